The Morgan fingerprint density at radius 3 is 2.09 bits per heavy atom. The Balaban J connectivity index is 4.14. The maximum atomic E-state index is 11.4. The first-order valence-electron chi connectivity index (χ1n) is 3.50. The third-order valence-corrected chi connectivity index (χ3v) is 2.62. The standard InChI is InChI=1S/C6H14NO3P/c1-4-9-11(8,6-7-3)10-5-2/h6H,4-5H2,1-3H3. The van der Waals surface area contributed by atoms with Crippen LogP contribution in [0.4, 0.5) is 0 Å². The third-order valence-electron chi connectivity index (χ3n) is 0.875. The van der Waals surface area contributed by atoms with Crippen LogP contribution in [0.15, 0.2) is 4.99 Å². The van der Waals surface area contributed by atoms with Crippen molar-refractivity contribution in [3.63, 3.8) is 0 Å². The van der Waals surface area contributed by atoms with Gasteiger partial charge in [0.1, 0.15) is 5.96 Å². The largest absolute Gasteiger partial charge is 0.371 e. The molecule has 0 fully saturated rings. The monoisotopic (exact) mass is 179 g/mol. The van der Waals surface area contributed by atoms with Gasteiger partial charge in [-0.3, -0.25) is 9.56 Å². The van der Waals surface area contributed by atoms with Crippen LogP contribution in [-0.2, 0) is 13.6 Å². The summed E-state index contributed by atoms with van der Waals surface area (Å²) in [6, 6.07) is 0. The molecule has 5 heteroatoms. The molecule has 0 radical (unpaired) electrons. The molecule has 0 aliphatic heterocycles. The highest BCUT2D eigenvalue weighted by molar-refractivity contribution is 7.69. The summed E-state index contributed by atoms with van der Waals surface area (Å²) in [5, 5.41) is 0. The van der Waals surface area contributed by atoms with Crippen LogP contribution >= 0.6 is 7.60 Å². The fraction of sp³-hybridized carbons (Fsp3) is 0.833. The molecule has 0 unspecified atom stereocenters. The second-order valence-electron chi connectivity index (χ2n) is 1.75. The highest BCUT2D eigenvalue weighted by Crippen LogP contribution is 2.44. The van der Waals surface area contributed by atoms with E-state index in [4.69, 9.17) is 9.05 Å². The normalized spacial score (nSPS) is 12.6. The van der Waals surface area contributed by atoms with Crippen LogP contribution in [-0.4, -0.2) is 26.2 Å². The van der Waals surface area contributed by atoms with E-state index in [1.54, 1.807) is 13.8 Å². The van der Waals surface area contributed by atoms with Crippen LogP contribution in [0.2, 0.25) is 0 Å². The topological polar surface area (TPSA) is 47.9 Å². The van der Waals surface area contributed by atoms with Gasteiger partial charge in [0.15, 0.2) is 0 Å². The minimum Gasteiger partial charge on any atom is -0.305 e. The van der Waals surface area contributed by atoms with Crippen LogP contribution in [0.5, 0.6) is 0 Å². The number of rotatable bonds is 5. The molecule has 0 rings (SSSR count). The van der Waals surface area contributed by atoms with Gasteiger partial charge < -0.3 is 9.05 Å². The Bertz CT molecular complexity index is 159. The van der Waals surface area contributed by atoms with Gasteiger partial charge in [-0.1, -0.05) is 0 Å². The quantitative estimate of drug-likeness (QED) is 0.478. The molecule has 66 valence electrons. The lowest BCUT2D eigenvalue weighted by molar-refractivity contribution is 0.233. The Morgan fingerprint density at radius 2 is 1.82 bits per heavy atom. The molecule has 4 nitrogen and oxygen atoms in total. The fourth-order valence-corrected chi connectivity index (χ4v) is 1.82. The molecule has 11 heavy (non-hydrogen) atoms. The van der Waals surface area contributed by atoms with Crippen LogP contribution in [0.3, 0.4) is 0 Å². The smallest absolute Gasteiger partial charge is 0.305 e. The molecule has 0 atom stereocenters. The Hall–Kier alpha value is -0.180. The van der Waals surface area contributed by atoms with Gasteiger partial charge in [-0.2, -0.15) is 0 Å². The van der Waals surface area contributed by atoms with Gasteiger partial charge in [0, 0.05) is 7.05 Å². The van der Waals surface area contributed by atoms with E-state index in [1.165, 1.54) is 13.0 Å². The van der Waals surface area contributed by atoms with Gasteiger partial charge in [0.05, 0.1) is 13.2 Å². The average molecular weight is 179 g/mol. The van der Waals surface area contributed by atoms with Crippen molar-refractivity contribution in [3.8, 4) is 0 Å². The lowest BCUT2D eigenvalue weighted by Gasteiger charge is -2.10. The van der Waals surface area contributed by atoms with Crippen molar-refractivity contribution in [1.29, 1.82) is 0 Å². The highest BCUT2D eigenvalue weighted by atomic mass is 31.2. The summed E-state index contributed by atoms with van der Waals surface area (Å²) in [5.41, 5.74) is 0. The summed E-state index contributed by atoms with van der Waals surface area (Å²) < 4.78 is 21.2. The molecule has 0 saturated heterocycles. The molecular formula is C6H14NO3P. The first-order valence-corrected chi connectivity index (χ1v) is 5.11. The molecule has 0 aliphatic rings. The van der Waals surface area contributed by atoms with Gasteiger partial charge in [-0.05, 0) is 13.8 Å². The van der Waals surface area contributed by atoms with Crippen molar-refractivity contribution in [2.24, 2.45) is 4.99 Å². The molecule has 0 saturated carbocycles. The SMILES string of the molecule is CCOP(=O)(C=NC)OCC. The summed E-state index contributed by atoms with van der Waals surface area (Å²) in [6.45, 7) is 4.25. The summed E-state index contributed by atoms with van der Waals surface area (Å²) in [7, 11) is -1.48. The number of hydrogen-bond donors (Lipinski definition) is 0. The summed E-state index contributed by atoms with van der Waals surface area (Å²) >= 11 is 0. The predicted molar refractivity (Wildman–Crippen MR) is 45.3 cm³/mol. The minimum absolute atomic E-state index is 0.364. The molecule has 0 spiro atoms. The molecule has 0 aromatic rings. The van der Waals surface area contributed by atoms with Gasteiger partial charge >= 0.3 is 7.60 Å². The number of nitrogens with zero attached hydrogens (tertiary/aromatic N) is 1. The maximum Gasteiger partial charge on any atom is 0.371 e. The zero-order chi connectivity index (χ0) is 8.74. The fourth-order valence-electron chi connectivity index (χ4n) is 0.605. The van der Waals surface area contributed by atoms with Crippen LogP contribution in [0, 0.1) is 0 Å². The van der Waals surface area contributed by atoms with E-state index >= 15 is 0 Å². The molecule has 0 amide bonds. The van der Waals surface area contributed by atoms with Crippen molar-refractivity contribution >= 4 is 13.6 Å². The zero-order valence-corrected chi connectivity index (χ0v) is 8.01. The van der Waals surface area contributed by atoms with Crippen LogP contribution in [0.25, 0.3) is 0 Å². The summed E-state index contributed by atoms with van der Waals surface area (Å²) in [5.74, 6) is 1.22. The number of hydrogen-bond acceptors (Lipinski definition) is 4. The zero-order valence-electron chi connectivity index (χ0n) is 7.11. The molecule has 0 heterocycles. The van der Waals surface area contributed by atoms with Crippen molar-refractivity contribution in [2.45, 2.75) is 13.8 Å². The van der Waals surface area contributed by atoms with E-state index in [-0.39, 0.29) is 0 Å². The minimum atomic E-state index is -3.01. The van der Waals surface area contributed by atoms with Crippen LogP contribution in [0.1, 0.15) is 13.8 Å². The summed E-state index contributed by atoms with van der Waals surface area (Å²) in [6.07, 6.45) is 0. The average Bonchev–Trinajstić information content (AvgIpc) is 1.88. The molecule has 0 aromatic carbocycles. The van der Waals surface area contributed by atoms with Crippen molar-refractivity contribution in [1.82, 2.24) is 0 Å². The lowest BCUT2D eigenvalue weighted by atomic mass is 10.9. The molecular weight excluding hydrogens is 165 g/mol. The second-order valence-corrected chi connectivity index (χ2v) is 3.58. The highest BCUT2D eigenvalue weighted by Gasteiger charge is 2.19. The Morgan fingerprint density at radius 1 is 1.36 bits per heavy atom. The Labute approximate surface area is 67.1 Å². The first-order chi connectivity index (χ1) is 5.18. The lowest BCUT2D eigenvalue weighted by Crippen LogP contribution is -1.96. The molecule has 0 aromatic heterocycles. The van der Waals surface area contributed by atoms with Gasteiger partial charge in [0.2, 0.25) is 0 Å². The van der Waals surface area contributed by atoms with E-state index in [9.17, 15) is 4.57 Å². The van der Waals surface area contributed by atoms with Crippen molar-refractivity contribution < 1.29 is 13.6 Å². The van der Waals surface area contributed by atoms with Crippen molar-refractivity contribution in [3.05, 3.63) is 0 Å². The van der Waals surface area contributed by atoms with E-state index in [0.717, 1.165) is 0 Å². The predicted octanol–water partition coefficient (Wildman–Crippen LogP) is 1.91. The van der Waals surface area contributed by atoms with E-state index in [2.05, 4.69) is 4.99 Å². The van der Waals surface area contributed by atoms with Gasteiger partial charge in [-0.15, -0.1) is 0 Å². The van der Waals surface area contributed by atoms with E-state index in [0.29, 0.717) is 13.2 Å². The van der Waals surface area contributed by atoms with Crippen molar-refractivity contribution in [2.75, 3.05) is 20.3 Å². The van der Waals surface area contributed by atoms with Crippen LogP contribution < -0.4 is 0 Å². The van der Waals surface area contributed by atoms with Gasteiger partial charge in [0.25, 0.3) is 0 Å². The van der Waals surface area contributed by atoms with Gasteiger partial charge in [-0.25, -0.2) is 0 Å². The van der Waals surface area contributed by atoms with E-state index < -0.39 is 7.60 Å². The third kappa shape index (κ3) is 4.30. The molecule has 0 aliphatic carbocycles. The first kappa shape index (κ1) is 10.8. The number of aliphatic imine (C=N–C) groups is 1. The summed E-state index contributed by atoms with van der Waals surface area (Å²) in [4.78, 5) is 3.61. The second kappa shape index (κ2) is 5.47. The van der Waals surface area contributed by atoms with E-state index in [1.807, 2.05) is 0 Å². The Kier molecular flexibility index (Phi) is 5.38. The molecule has 0 N–H and O–H groups in total. The maximum absolute atomic E-state index is 11.4. The molecule has 0 bridgehead atoms.